The molecule has 186 valence electrons. The Balaban J connectivity index is 1.68. The van der Waals surface area contributed by atoms with Crippen molar-refractivity contribution in [2.24, 2.45) is 0 Å². The lowest BCUT2D eigenvalue weighted by Crippen LogP contribution is -2.58. The molecule has 0 saturated carbocycles. The lowest BCUT2D eigenvalue weighted by Gasteiger charge is -2.43. The second kappa shape index (κ2) is 10.2. The summed E-state index contributed by atoms with van der Waals surface area (Å²) in [6, 6.07) is 8.96. The standard InChI is InChI=1S/C23H26ClF3N2O4S/c1-15-13-28(9-8-17-6-7-20(21(24)11-17)23(25,26)27)14-16(2)29(15)34(32,33)19-5-3-4-18(10-19)12-22(30)31/h3-7,10-11,15-16H,8-9,12-14H2,1-2H3,(H,30,31)/t15-,16?/m1/s1. The molecule has 6 nitrogen and oxygen atoms in total. The SMILES string of the molecule is CC1CN(CCc2ccc(C(F)(F)F)c(Cl)c2)C[C@@H](C)N1S(=O)(=O)c1cccc(CC(=O)O)c1. The van der Waals surface area contributed by atoms with Crippen molar-refractivity contribution in [2.45, 2.75) is 49.8 Å². The van der Waals surface area contributed by atoms with Gasteiger partial charge in [-0.3, -0.25) is 9.69 Å². The largest absolute Gasteiger partial charge is 0.481 e. The van der Waals surface area contributed by atoms with Crippen molar-refractivity contribution in [3.05, 3.63) is 64.2 Å². The second-order valence-electron chi connectivity index (χ2n) is 8.57. The third kappa shape index (κ3) is 6.10. The summed E-state index contributed by atoms with van der Waals surface area (Å²) in [6.07, 6.45) is -4.30. The molecule has 34 heavy (non-hydrogen) atoms. The number of rotatable bonds is 7. The highest BCUT2D eigenvalue weighted by molar-refractivity contribution is 7.89. The van der Waals surface area contributed by atoms with E-state index in [4.69, 9.17) is 16.7 Å². The maximum absolute atomic E-state index is 13.3. The van der Waals surface area contributed by atoms with Gasteiger partial charge < -0.3 is 5.11 Å². The van der Waals surface area contributed by atoms with E-state index in [1.165, 1.54) is 34.6 Å². The van der Waals surface area contributed by atoms with E-state index in [1.54, 1.807) is 19.9 Å². The molecule has 0 aromatic heterocycles. The summed E-state index contributed by atoms with van der Waals surface area (Å²) in [7, 11) is -3.84. The Hall–Kier alpha value is -2.14. The normalized spacial score (nSPS) is 20.4. The number of carbonyl (C=O) groups is 1. The molecule has 3 rings (SSSR count). The molecule has 1 aliphatic rings. The maximum atomic E-state index is 13.3. The molecule has 0 amide bonds. The first-order valence-corrected chi connectivity index (χ1v) is 12.5. The minimum atomic E-state index is -4.50. The monoisotopic (exact) mass is 518 g/mol. The molecule has 2 aromatic carbocycles. The van der Waals surface area contributed by atoms with Gasteiger partial charge in [0.25, 0.3) is 0 Å². The van der Waals surface area contributed by atoms with Gasteiger partial charge in [0.1, 0.15) is 0 Å². The zero-order valence-corrected chi connectivity index (χ0v) is 20.3. The van der Waals surface area contributed by atoms with Crippen molar-refractivity contribution in [1.29, 1.82) is 0 Å². The molecule has 0 spiro atoms. The number of hydrogen-bond donors (Lipinski definition) is 1. The number of benzene rings is 2. The second-order valence-corrected chi connectivity index (χ2v) is 10.8. The van der Waals surface area contributed by atoms with E-state index >= 15 is 0 Å². The Morgan fingerprint density at radius 3 is 2.29 bits per heavy atom. The van der Waals surface area contributed by atoms with Crippen molar-refractivity contribution >= 4 is 27.6 Å². The Bertz CT molecular complexity index is 1150. The van der Waals surface area contributed by atoms with E-state index in [1.807, 2.05) is 0 Å². The number of carboxylic acid groups (broad SMARTS) is 1. The van der Waals surface area contributed by atoms with Crippen LogP contribution in [0.25, 0.3) is 0 Å². The summed E-state index contributed by atoms with van der Waals surface area (Å²) in [4.78, 5) is 13.1. The van der Waals surface area contributed by atoms with E-state index in [9.17, 15) is 26.4 Å². The van der Waals surface area contributed by atoms with Gasteiger partial charge in [0, 0.05) is 31.7 Å². The third-order valence-corrected chi connectivity index (χ3v) is 8.24. The van der Waals surface area contributed by atoms with E-state index in [-0.39, 0.29) is 28.4 Å². The molecule has 1 unspecified atom stereocenters. The van der Waals surface area contributed by atoms with Crippen molar-refractivity contribution in [3.63, 3.8) is 0 Å². The summed E-state index contributed by atoms with van der Waals surface area (Å²) in [5, 5.41) is 8.66. The Morgan fingerprint density at radius 2 is 1.74 bits per heavy atom. The quantitative estimate of drug-likeness (QED) is 0.591. The first-order chi connectivity index (χ1) is 15.8. The minimum absolute atomic E-state index is 0.0535. The fourth-order valence-corrected chi connectivity index (χ4v) is 6.60. The third-order valence-electron chi connectivity index (χ3n) is 5.80. The van der Waals surface area contributed by atoms with E-state index in [0.29, 0.717) is 37.2 Å². The van der Waals surface area contributed by atoms with Crippen molar-refractivity contribution in [2.75, 3.05) is 19.6 Å². The molecule has 2 aromatic rings. The van der Waals surface area contributed by atoms with Crippen LogP contribution in [0.5, 0.6) is 0 Å². The molecule has 11 heteroatoms. The van der Waals surface area contributed by atoms with Gasteiger partial charge in [-0.25, -0.2) is 8.42 Å². The van der Waals surface area contributed by atoms with Crippen LogP contribution in [-0.2, 0) is 33.8 Å². The highest BCUT2D eigenvalue weighted by atomic mass is 35.5. The van der Waals surface area contributed by atoms with Gasteiger partial charge in [0.15, 0.2) is 0 Å². The number of aliphatic carboxylic acids is 1. The van der Waals surface area contributed by atoms with Crippen LogP contribution >= 0.6 is 11.6 Å². The molecule has 1 heterocycles. The van der Waals surface area contributed by atoms with Crippen LogP contribution in [0, 0.1) is 0 Å². The zero-order chi connectivity index (χ0) is 25.3. The van der Waals surface area contributed by atoms with Crippen LogP contribution in [0.4, 0.5) is 13.2 Å². The average molecular weight is 519 g/mol. The van der Waals surface area contributed by atoms with Gasteiger partial charge in [-0.05, 0) is 55.7 Å². The highest BCUT2D eigenvalue weighted by Crippen LogP contribution is 2.35. The predicted molar refractivity (Wildman–Crippen MR) is 122 cm³/mol. The van der Waals surface area contributed by atoms with Crippen molar-refractivity contribution in [3.8, 4) is 0 Å². The summed E-state index contributed by atoms with van der Waals surface area (Å²) < 4.78 is 66.8. The van der Waals surface area contributed by atoms with E-state index < -0.39 is 27.7 Å². The van der Waals surface area contributed by atoms with Crippen LogP contribution in [-0.4, -0.2) is 60.4 Å². The average Bonchev–Trinajstić information content (AvgIpc) is 2.70. The molecule has 1 N–H and O–H groups in total. The molecule has 1 aliphatic heterocycles. The molecular formula is C23H26ClF3N2O4S. The summed E-state index contributed by atoms with van der Waals surface area (Å²) in [5.41, 5.74) is 0.206. The summed E-state index contributed by atoms with van der Waals surface area (Å²) in [5.74, 6) is -1.04. The molecule has 1 fully saturated rings. The Labute approximate surface area is 202 Å². The first kappa shape index (κ1) is 26.5. The molecule has 0 aliphatic carbocycles. The number of halogens is 4. The van der Waals surface area contributed by atoms with Crippen LogP contribution in [0.1, 0.15) is 30.5 Å². The van der Waals surface area contributed by atoms with Crippen LogP contribution < -0.4 is 0 Å². The smallest absolute Gasteiger partial charge is 0.417 e. The van der Waals surface area contributed by atoms with Crippen LogP contribution in [0.2, 0.25) is 5.02 Å². The maximum Gasteiger partial charge on any atom is 0.417 e. The van der Waals surface area contributed by atoms with E-state index in [0.717, 1.165) is 6.07 Å². The first-order valence-electron chi connectivity index (χ1n) is 10.7. The number of sulfonamides is 1. The fraction of sp³-hybridized carbons (Fsp3) is 0.435. The number of nitrogens with zero attached hydrogens (tertiary/aromatic N) is 2. The van der Waals surface area contributed by atoms with Crippen molar-refractivity contribution in [1.82, 2.24) is 9.21 Å². The summed E-state index contributed by atoms with van der Waals surface area (Å²) >= 11 is 5.81. The Kier molecular flexibility index (Phi) is 7.96. The predicted octanol–water partition coefficient (Wildman–Crippen LogP) is 4.31. The van der Waals surface area contributed by atoms with Gasteiger partial charge >= 0.3 is 12.1 Å². The van der Waals surface area contributed by atoms with Gasteiger partial charge in [-0.1, -0.05) is 29.8 Å². The van der Waals surface area contributed by atoms with Crippen LogP contribution in [0.3, 0.4) is 0 Å². The fourth-order valence-electron chi connectivity index (χ4n) is 4.42. The topological polar surface area (TPSA) is 77.9 Å². The van der Waals surface area contributed by atoms with Crippen LogP contribution in [0.15, 0.2) is 47.4 Å². The zero-order valence-electron chi connectivity index (χ0n) is 18.7. The van der Waals surface area contributed by atoms with Gasteiger partial charge in [0.05, 0.1) is 21.9 Å². The van der Waals surface area contributed by atoms with Gasteiger partial charge in [-0.2, -0.15) is 17.5 Å². The molecule has 0 radical (unpaired) electrons. The number of alkyl halides is 3. The van der Waals surface area contributed by atoms with Gasteiger partial charge in [0.2, 0.25) is 10.0 Å². The number of piperazine rings is 1. The summed E-state index contributed by atoms with van der Waals surface area (Å²) in [6.45, 7) is 5.05. The molecule has 1 saturated heterocycles. The van der Waals surface area contributed by atoms with Gasteiger partial charge in [-0.15, -0.1) is 0 Å². The lowest BCUT2D eigenvalue weighted by molar-refractivity contribution is -0.138. The molecular weight excluding hydrogens is 493 g/mol. The Morgan fingerprint density at radius 1 is 1.09 bits per heavy atom. The molecule has 2 atom stereocenters. The highest BCUT2D eigenvalue weighted by Gasteiger charge is 2.38. The number of hydrogen-bond acceptors (Lipinski definition) is 4. The minimum Gasteiger partial charge on any atom is -0.481 e. The van der Waals surface area contributed by atoms with Crippen molar-refractivity contribution < 1.29 is 31.5 Å². The van der Waals surface area contributed by atoms with E-state index in [2.05, 4.69) is 4.90 Å². The molecule has 0 bridgehead atoms. The number of carboxylic acids is 1. The lowest BCUT2D eigenvalue weighted by atomic mass is 10.1.